The maximum absolute atomic E-state index is 12.3. The van der Waals surface area contributed by atoms with Crippen molar-refractivity contribution >= 4 is 11.6 Å². The van der Waals surface area contributed by atoms with Crippen LogP contribution in [0, 0.1) is 18.3 Å². The van der Waals surface area contributed by atoms with Crippen molar-refractivity contribution < 1.29 is 9.59 Å². The smallest absolute Gasteiger partial charge is 0.175 e. The fourth-order valence-electron chi connectivity index (χ4n) is 1.90. The van der Waals surface area contributed by atoms with Crippen molar-refractivity contribution in [2.45, 2.75) is 34.6 Å². The number of aryl methyl sites for hydroxylation is 1. The Morgan fingerprint density at radius 1 is 1.06 bits per heavy atom. The standard InChI is InChI=1S/C15H20O2/c1-10(2)13(16)15(4,5)14(17)12-8-6-11(3)7-9-12/h6-10H,1-5H3. The van der Waals surface area contributed by atoms with Gasteiger partial charge in [0.05, 0.1) is 5.41 Å². The predicted molar refractivity (Wildman–Crippen MR) is 69.1 cm³/mol. The number of ketones is 2. The summed E-state index contributed by atoms with van der Waals surface area (Å²) >= 11 is 0. The van der Waals surface area contributed by atoms with Crippen LogP contribution >= 0.6 is 0 Å². The van der Waals surface area contributed by atoms with Crippen LogP contribution in [0.2, 0.25) is 0 Å². The van der Waals surface area contributed by atoms with E-state index in [1.54, 1.807) is 26.0 Å². The molecular weight excluding hydrogens is 212 g/mol. The molecule has 0 radical (unpaired) electrons. The Kier molecular flexibility index (Phi) is 3.87. The molecule has 1 aromatic carbocycles. The van der Waals surface area contributed by atoms with Crippen molar-refractivity contribution in [1.82, 2.24) is 0 Å². The summed E-state index contributed by atoms with van der Waals surface area (Å²) in [5.74, 6) is -0.237. The fraction of sp³-hybridized carbons (Fsp3) is 0.467. The lowest BCUT2D eigenvalue weighted by atomic mass is 9.76. The number of rotatable bonds is 4. The monoisotopic (exact) mass is 232 g/mol. The number of carbonyl (C=O) groups is 2. The van der Waals surface area contributed by atoms with E-state index in [1.165, 1.54) is 0 Å². The molecule has 0 spiro atoms. The average molecular weight is 232 g/mol. The van der Waals surface area contributed by atoms with Crippen LogP contribution in [0.4, 0.5) is 0 Å². The molecule has 2 nitrogen and oxygen atoms in total. The van der Waals surface area contributed by atoms with E-state index in [4.69, 9.17) is 0 Å². The van der Waals surface area contributed by atoms with Crippen LogP contribution in [0.25, 0.3) is 0 Å². The third-order valence-electron chi connectivity index (χ3n) is 3.02. The molecule has 0 aromatic heterocycles. The van der Waals surface area contributed by atoms with Crippen LogP contribution < -0.4 is 0 Å². The molecule has 0 fully saturated rings. The second-order valence-electron chi connectivity index (χ2n) is 5.34. The summed E-state index contributed by atoms with van der Waals surface area (Å²) < 4.78 is 0. The molecule has 0 unspecified atom stereocenters. The summed E-state index contributed by atoms with van der Waals surface area (Å²) in [5, 5.41) is 0. The van der Waals surface area contributed by atoms with Crippen molar-refractivity contribution in [2.24, 2.45) is 11.3 Å². The van der Waals surface area contributed by atoms with E-state index in [0.717, 1.165) is 5.56 Å². The van der Waals surface area contributed by atoms with Crippen LogP contribution in [0.1, 0.15) is 43.6 Å². The van der Waals surface area contributed by atoms with Gasteiger partial charge < -0.3 is 0 Å². The van der Waals surface area contributed by atoms with Gasteiger partial charge in [-0.05, 0) is 20.8 Å². The molecule has 1 rings (SSSR count). The Morgan fingerprint density at radius 3 is 1.94 bits per heavy atom. The molecule has 0 amide bonds. The van der Waals surface area contributed by atoms with E-state index in [1.807, 2.05) is 32.9 Å². The van der Waals surface area contributed by atoms with E-state index in [0.29, 0.717) is 5.56 Å². The third kappa shape index (κ3) is 2.82. The highest BCUT2D eigenvalue weighted by Crippen LogP contribution is 2.26. The molecule has 0 bridgehead atoms. The number of Topliss-reactive ketones (excluding diaryl/α,β-unsaturated/α-hetero) is 2. The largest absolute Gasteiger partial charge is 0.298 e. The summed E-state index contributed by atoms with van der Waals surface area (Å²) in [5.41, 5.74) is 0.771. The van der Waals surface area contributed by atoms with Crippen LogP contribution in [-0.2, 0) is 4.79 Å². The van der Waals surface area contributed by atoms with Gasteiger partial charge in [0.25, 0.3) is 0 Å². The van der Waals surface area contributed by atoms with E-state index >= 15 is 0 Å². The third-order valence-corrected chi connectivity index (χ3v) is 3.02. The first-order valence-corrected chi connectivity index (χ1v) is 5.92. The first-order chi connectivity index (χ1) is 7.76. The Hall–Kier alpha value is -1.44. The van der Waals surface area contributed by atoms with Gasteiger partial charge in [0.15, 0.2) is 5.78 Å². The Labute approximate surface area is 103 Å². The number of hydrogen-bond acceptors (Lipinski definition) is 2. The SMILES string of the molecule is Cc1ccc(C(=O)C(C)(C)C(=O)C(C)C)cc1. The Bertz CT molecular complexity index is 425. The molecule has 0 atom stereocenters. The minimum atomic E-state index is -0.941. The molecule has 17 heavy (non-hydrogen) atoms. The second-order valence-corrected chi connectivity index (χ2v) is 5.34. The van der Waals surface area contributed by atoms with Gasteiger partial charge in [-0.25, -0.2) is 0 Å². The zero-order chi connectivity index (χ0) is 13.2. The quantitative estimate of drug-likeness (QED) is 0.588. The van der Waals surface area contributed by atoms with Crippen molar-refractivity contribution in [1.29, 1.82) is 0 Å². The van der Waals surface area contributed by atoms with E-state index < -0.39 is 5.41 Å². The first kappa shape index (κ1) is 13.6. The fourth-order valence-corrected chi connectivity index (χ4v) is 1.90. The maximum Gasteiger partial charge on any atom is 0.175 e. The second kappa shape index (κ2) is 4.82. The van der Waals surface area contributed by atoms with Gasteiger partial charge in [-0.15, -0.1) is 0 Å². The minimum Gasteiger partial charge on any atom is -0.298 e. The number of carbonyl (C=O) groups excluding carboxylic acids is 2. The average Bonchev–Trinajstić information content (AvgIpc) is 2.27. The van der Waals surface area contributed by atoms with Gasteiger partial charge in [0.1, 0.15) is 5.78 Å². The molecule has 1 aromatic rings. The summed E-state index contributed by atoms with van der Waals surface area (Å²) in [7, 11) is 0. The molecule has 0 N–H and O–H groups in total. The predicted octanol–water partition coefficient (Wildman–Crippen LogP) is 3.43. The zero-order valence-corrected chi connectivity index (χ0v) is 11.2. The highest BCUT2D eigenvalue weighted by atomic mass is 16.2. The summed E-state index contributed by atoms with van der Waals surface area (Å²) in [6.45, 7) is 9.03. The zero-order valence-electron chi connectivity index (χ0n) is 11.2. The number of benzene rings is 1. The summed E-state index contributed by atoms with van der Waals surface area (Å²) in [4.78, 5) is 24.3. The molecule has 0 aliphatic heterocycles. The van der Waals surface area contributed by atoms with Crippen molar-refractivity contribution in [3.8, 4) is 0 Å². The highest BCUT2D eigenvalue weighted by molar-refractivity contribution is 6.14. The van der Waals surface area contributed by atoms with Gasteiger partial charge in [0, 0.05) is 11.5 Å². The summed E-state index contributed by atoms with van der Waals surface area (Å²) in [6.07, 6.45) is 0. The molecule has 2 heteroatoms. The molecule has 0 heterocycles. The molecule has 0 aliphatic carbocycles. The lowest BCUT2D eigenvalue weighted by molar-refractivity contribution is -0.127. The van der Waals surface area contributed by atoms with Crippen molar-refractivity contribution in [3.05, 3.63) is 35.4 Å². The Balaban J connectivity index is 3.04. The normalized spacial score (nSPS) is 11.6. The van der Waals surface area contributed by atoms with Crippen LogP contribution in [0.3, 0.4) is 0 Å². The van der Waals surface area contributed by atoms with Crippen LogP contribution in [0.15, 0.2) is 24.3 Å². The van der Waals surface area contributed by atoms with Crippen molar-refractivity contribution in [3.63, 3.8) is 0 Å². The lowest BCUT2D eigenvalue weighted by Crippen LogP contribution is -2.36. The molecule has 0 saturated carbocycles. The van der Waals surface area contributed by atoms with Crippen molar-refractivity contribution in [2.75, 3.05) is 0 Å². The van der Waals surface area contributed by atoms with Gasteiger partial charge in [-0.3, -0.25) is 9.59 Å². The van der Waals surface area contributed by atoms with Gasteiger partial charge in [-0.2, -0.15) is 0 Å². The van der Waals surface area contributed by atoms with E-state index in [-0.39, 0.29) is 17.5 Å². The highest BCUT2D eigenvalue weighted by Gasteiger charge is 2.37. The van der Waals surface area contributed by atoms with Crippen LogP contribution in [-0.4, -0.2) is 11.6 Å². The van der Waals surface area contributed by atoms with E-state index in [9.17, 15) is 9.59 Å². The first-order valence-electron chi connectivity index (χ1n) is 5.92. The van der Waals surface area contributed by atoms with E-state index in [2.05, 4.69) is 0 Å². The van der Waals surface area contributed by atoms with Gasteiger partial charge in [0.2, 0.25) is 0 Å². The molecule has 0 saturated heterocycles. The number of hydrogen-bond donors (Lipinski definition) is 0. The topological polar surface area (TPSA) is 34.1 Å². The summed E-state index contributed by atoms with van der Waals surface area (Å²) in [6, 6.07) is 7.35. The van der Waals surface area contributed by atoms with Gasteiger partial charge in [-0.1, -0.05) is 43.7 Å². The minimum absolute atomic E-state index is 0.0110. The molecule has 0 aliphatic rings. The van der Waals surface area contributed by atoms with Crippen LogP contribution in [0.5, 0.6) is 0 Å². The molecule has 92 valence electrons. The Morgan fingerprint density at radius 2 is 1.53 bits per heavy atom. The lowest BCUT2D eigenvalue weighted by Gasteiger charge is -2.23. The molecular formula is C15H20O2. The maximum atomic E-state index is 12.3. The van der Waals surface area contributed by atoms with Gasteiger partial charge >= 0.3 is 0 Å².